The van der Waals surface area contributed by atoms with Crippen LogP contribution in [0, 0.1) is 6.92 Å². The van der Waals surface area contributed by atoms with Crippen molar-refractivity contribution < 1.29 is 32.5 Å². The van der Waals surface area contributed by atoms with E-state index in [9.17, 15) is 27.9 Å². The molecule has 1 aliphatic heterocycles. The molecule has 0 amide bonds. The van der Waals surface area contributed by atoms with Gasteiger partial charge in [-0.1, -0.05) is 29.8 Å². The molecule has 1 aliphatic rings. The molecule has 0 bridgehead atoms. The number of rotatable bonds is 9. The maximum Gasteiger partial charge on any atom is 0.418 e. The van der Waals surface area contributed by atoms with Crippen LogP contribution in [0.15, 0.2) is 58.5 Å². The highest BCUT2D eigenvalue weighted by Crippen LogP contribution is 2.37. The van der Waals surface area contributed by atoms with Crippen LogP contribution in [-0.4, -0.2) is 43.7 Å². The minimum Gasteiger partial charge on any atom is -0.454 e. The highest BCUT2D eigenvalue weighted by molar-refractivity contribution is 5.81. The molecule has 2 atom stereocenters. The number of fused-ring (bicyclic) bond motifs is 1. The standard InChI is InChI=1S/C30H31F3N4O6/c1-18-7-9-19(10-8-18)26(38)24-22(43-21-14-20(15-34-16-21)30(31,32)33)17-35-27-25(24)28(39)37(29(40)36(27)2)11-5-13-42-23-6-3-4-12-41-23/h7-10,14-17,23,26,38H,3-6,11-13H2,1-2H3. The zero-order valence-electron chi connectivity index (χ0n) is 23.6. The van der Waals surface area contributed by atoms with Crippen LogP contribution >= 0.6 is 0 Å². The second-order valence-corrected chi connectivity index (χ2v) is 10.4. The number of hydrogen-bond acceptors (Lipinski definition) is 8. The monoisotopic (exact) mass is 600 g/mol. The number of aliphatic hydroxyl groups excluding tert-OH is 1. The summed E-state index contributed by atoms with van der Waals surface area (Å²) in [5.41, 5.74) is -1.14. The minimum absolute atomic E-state index is 0.0108. The van der Waals surface area contributed by atoms with Crippen molar-refractivity contribution in [2.24, 2.45) is 7.05 Å². The smallest absolute Gasteiger partial charge is 0.418 e. The number of halogens is 3. The third-order valence-corrected chi connectivity index (χ3v) is 7.26. The molecule has 1 aromatic carbocycles. The van der Waals surface area contributed by atoms with Gasteiger partial charge in [-0.15, -0.1) is 0 Å². The molecule has 13 heteroatoms. The van der Waals surface area contributed by atoms with E-state index >= 15 is 0 Å². The number of benzene rings is 1. The number of ether oxygens (including phenoxy) is 3. The highest BCUT2D eigenvalue weighted by atomic mass is 19.4. The molecule has 1 saturated heterocycles. The van der Waals surface area contributed by atoms with E-state index < -0.39 is 29.1 Å². The fourth-order valence-corrected chi connectivity index (χ4v) is 4.96. The Morgan fingerprint density at radius 1 is 1.14 bits per heavy atom. The summed E-state index contributed by atoms with van der Waals surface area (Å²) in [4.78, 5) is 35.0. The lowest BCUT2D eigenvalue weighted by Crippen LogP contribution is -2.40. The molecular formula is C30H31F3N4O6. The first-order chi connectivity index (χ1) is 20.5. The molecule has 0 aliphatic carbocycles. The largest absolute Gasteiger partial charge is 0.454 e. The van der Waals surface area contributed by atoms with E-state index in [1.54, 1.807) is 24.3 Å². The Hall–Kier alpha value is -4.07. The molecule has 1 fully saturated rings. The summed E-state index contributed by atoms with van der Waals surface area (Å²) in [5, 5.41) is 11.5. The summed E-state index contributed by atoms with van der Waals surface area (Å²) in [6.07, 6.45) is -0.473. The lowest BCUT2D eigenvalue weighted by molar-refractivity contribution is -0.163. The van der Waals surface area contributed by atoms with Crippen LogP contribution in [0.3, 0.4) is 0 Å². The van der Waals surface area contributed by atoms with Gasteiger partial charge in [0.1, 0.15) is 17.5 Å². The van der Waals surface area contributed by atoms with E-state index in [1.165, 1.54) is 11.6 Å². The maximum atomic E-state index is 13.9. The van der Waals surface area contributed by atoms with Gasteiger partial charge in [0.25, 0.3) is 5.56 Å². The summed E-state index contributed by atoms with van der Waals surface area (Å²) in [6.45, 7) is 2.75. The Morgan fingerprint density at radius 3 is 2.60 bits per heavy atom. The quantitative estimate of drug-likeness (QED) is 0.277. The third kappa shape index (κ3) is 6.63. The molecule has 4 aromatic rings. The molecule has 2 unspecified atom stereocenters. The van der Waals surface area contributed by atoms with Crippen LogP contribution in [0.2, 0.25) is 0 Å². The summed E-state index contributed by atoms with van der Waals surface area (Å²) < 4.78 is 59.4. The molecule has 4 heterocycles. The zero-order chi connectivity index (χ0) is 30.7. The lowest BCUT2D eigenvalue weighted by atomic mass is 9.98. The number of pyridine rings is 2. The van der Waals surface area contributed by atoms with Crippen molar-refractivity contribution in [1.29, 1.82) is 0 Å². The lowest BCUT2D eigenvalue weighted by Gasteiger charge is -2.22. The Morgan fingerprint density at radius 2 is 1.91 bits per heavy atom. The topological polar surface area (TPSA) is 118 Å². The molecule has 228 valence electrons. The van der Waals surface area contributed by atoms with Gasteiger partial charge in [0, 0.05) is 32.0 Å². The van der Waals surface area contributed by atoms with Crippen LogP contribution in [0.5, 0.6) is 11.5 Å². The third-order valence-electron chi connectivity index (χ3n) is 7.26. The molecule has 10 nitrogen and oxygen atoms in total. The second-order valence-electron chi connectivity index (χ2n) is 10.4. The van der Waals surface area contributed by atoms with E-state index in [-0.39, 0.29) is 47.5 Å². The van der Waals surface area contributed by atoms with Gasteiger partial charge in [0.15, 0.2) is 12.0 Å². The van der Waals surface area contributed by atoms with Crippen LogP contribution in [0.4, 0.5) is 13.2 Å². The van der Waals surface area contributed by atoms with Crippen molar-refractivity contribution in [3.05, 3.63) is 92.0 Å². The molecule has 5 rings (SSSR count). The first-order valence-electron chi connectivity index (χ1n) is 13.8. The predicted molar refractivity (Wildman–Crippen MR) is 150 cm³/mol. The fraction of sp³-hybridized carbons (Fsp3) is 0.400. The normalized spacial score (nSPS) is 16.4. The number of aryl methyl sites for hydroxylation is 2. The van der Waals surface area contributed by atoms with Gasteiger partial charge in [-0.3, -0.25) is 18.9 Å². The van der Waals surface area contributed by atoms with Crippen molar-refractivity contribution in [3.63, 3.8) is 0 Å². The first kappa shape index (κ1) is 30.4. The van der Waals surface area contributed by atoms with E-state index in [2.05, 4.69) is 9.97 Å². The van der Waals surface area contributed by atoms with E-state index in [4.69, 9.17) is 14.2 Å². The number of nitrogens with zero attached hydrogens (tertiary/aromatic N) is 4. The number of alkyl halides is 3. The van der Waals surface area contributed by atoms with Gasteiger partial charge in [0.2, 0.25) is 0 Å². The van der Waals surface area contributed by atoms with Crippen LogP contribution in [0.1, 0.15) is 54.0 Å². The van der Waals surface area contributed by atoms with Crippen molar-refractivity contribution in [2.75, 3.05) is 13.2 Å². The van der Waals surface area contributed by atoms with Crippen molar-refractivity contribution >= 4 is 11.0 Å². The van der Waals surface area contributed by atoms with Crippen LogP contribution in [0.25, 0.3) is 11.0 Å². The Balaban J connectivity index is 1.59. The SMILES string of the molecule is Cc1ccc(C(O)c2c(Oc3cncc(C(F)(F)F)c3)cnc3c2c(=O)n(CCCOC2CCCCO2)c(=O)n3C)cc1. The minimum atomic E-state index is -4.67. The first-order valence-corrected chi connectivity index (χ1v) is 13.8. The van der Waals surface area contributed by atoms with E-state index in [1.807, 2.05) is 6.92 Å². The van der Waals surface area contributed by atoms with Gasteiger partial charge in [0.05, 0.1) is 30.0 Å². The molecule has 0 spiro atoms. The van der Waals surface area contributed by atoms with E-state index in [0.29, 0.717) is 24.8 Å². The van der Waals surface area contributed by atoms with Gasteiger partial charge in [-0.2, -0.15) is 13.2 Å². The van der Waals surface area contributed by atoms with Crippen LogP contribution < -0.4 is 16.0 Å². The van der Waals surface area contributed by atoms with Gasteiger partial charge >= 0.3 is 11.9 Å². The van der Waals surface area contributed by atoms with Gasteiger partial charge < -0.3 is 19.3 Å². The highest BCUT2D eigenvalue weighted by Gasteiger charge is 2.32. The number of hydrogen-bond donors (Lipinski definition) is 1. The number of aliphatic hydroxyl groups is 1. The molecule has 3 aromatic heterocycles. The molecule has 1 N–H and O–H groups in total. The second kappa shape index (κ2) is 12.7. The van der Waals surface area contributed by atoms with Crippen LogP contribution in [-0.2, 0) is 29.2 Å². The van der Waals surface area contributed by atoms with Gasteiger partial charge in [-0.05, 0) is 44.2 Å². The molecule has 0 saturated carbocycles. The molecule has 0 radical (unpaired) electrons. The van der Waals surface area contributed by atoms with Gasteiger partial charge in [-0.25, -0.2) is 9.78 Å². The van der Waals surface area contributed by atoms with E-state index in [0.717, 1.165) is 47.9 Å². The average Bonchev–Trinajstić information content (AvgIpc) is 2.99. The summed E-state index contributed by atoms with van der Waals surface area (Å²) >= 11 is 0. The molecule has 43 heavy (non-hydrogen) atoms. The maximum absolute atomic E-state index is 13.9. The Labute approximate surface area is 244 Å². The fourth-order valence-electron chi connectivity index (χ4n) is 4.96. The number of aromatic nitrogens is 4. The summed E-state index contributed by atoms with van der Waals surface area (Å²) in [7, 11) is 1.44. The average molecular weight is 601 g/mol. The van der Waals surface area contributed by atoms with Crippen molar-refractivity contribution in [2.45, 2.75) is 57.7 Å². The van der Waals surface area contributed by atoms with Crippen molar-refractivity contribution in [1.82, 2.24) is 19.1 Å². The Bertz CT molecular complexity index is 1710. The summed E-state index contributed by atoms with van der Waals surface area (Å²) in [6, 6.07) is 7.61. The summed E-state index contributed by atoms with van der Waals surface area (Å²) in [5.74, 6) is -0.442. The van der Waals surface area contributed by atoms with Crippen molar-refractivity contribution in [3.8, 4) is 11.5 Å². The predicted octanol–water partition coefficient (Wildman–Crippen LogP) is 4.62. The zero-order valence-corrected chi connectivity index (χ0v) is 23.6. The Kier molecular flexibility index (Phi) is 8.95. The molecular weight excluding hydrogens is 569 g/mol.